The van der Waals surface area contributed by atoms with Crippen molar-refractivity contribution in [2.45, 2.75) is 25.7 Å². The van der Waals surface area contributed by atoms with Crippen LogP contribution >= 0.6 is 0 Å². The first kappa shape index (κ1) is 19.4. The molecule has 0 radical (unpaired) electrons. The minimum atomic E-state index is -0.677. The Morgan fingerprint density at radius 1 is 1.24 bits per heavy atom. The Bertz CT molecular complexity index is 942. The van der Waals surface area contributed by atoms with Crippen LogP contribution in [0.3, 0.4) is 0 Å². The molecule has 4 rings (SSSR count). The van der Waals surface area contributed by atoms with Gasteiger partial charge in [0, 0.05) is 18.7 Å². The Balaban J connectivity index is 1.42. The normalized spacial score (nSPS) is 18.1. The first-order valence-electron chi connectivity index (χ1n) is 9.97. The van der Waals surface area contributed by atoms with Gasteiger partial charge >= 0.3 is 5.97 Å². The summed E-state index contributed by atoms with van der Waals surface area (Å²) in [5.74, 6) is -0.0694. The van der Waals surface area contributed by atoms with Crippen molar-refractivity contribution in [3.05, 3.63) is 64.5 Å². The highest BCUT2D eigenvalue weighted by Gasteiger charge is 2.28. The van der Waals surface area contributed by atoms with E-state index in [0.717, 1.165) is 42.7 Å². The molecule has 0 spiro atoms. The average molecular weight is 397 g/mol. The standard InChI is InChI=1S/C23H24FNO4/c1-28-23(27)19-12-15(4-6-20(19)24)11-16-8-9-25(14-16)22(26)18-5-7-21-17(13-18)3-2-10-29-21/h4-7,12-13,16H,2-3,8-11,14H2,1H3. The first-order valence-corrected chi connectivity index (χ1v) is 9.97. The maximum atomic E-state index is 13.8. The molecule has 2 aromatic carbocycles. The second-order valence-electron chi connectivity index (χ2n) is 7.69. The maximum absolute atomic E-state index is 13.8. The number of methoxy groups -OCH3 is 1. The lowest BCUT2D eigenvalue weighted by atomic mass is 9.97. The van der Waals surface area contributed by atoms with Crippen LogP contribution in [0.25, 0.3) is 0 Å². The van der Waals surface area contributed by atoms with E-state index in [4.69, 9.17) is 4.74 Å². The van der Waals surface area contributed by atoms with Gasteiger partial charge in [-0.3, -0.25) is 4.79 Å². The van der Waals surface area contributed by atoms with Gasteiger partial charge in [0.15, 0.2) is 0 Å². The van der Waals surface area contributed by atoms with Crippen molar-refractivity contribution in [2.75, 3.05) is 26.8 Å². The summed E-state index contributed by atoms with van der Waals surface area (Å²) < 4.78 is 24.1. The summed E-state index contributed by atoms with van der Waals surface area (Å²) in [4.78, 5) is 26.5. The van der Waals surface area contributed by atoms with Gasteiger partial charge in [0.2, 0.25) is 0 Å². The molecule has 2 aliphatic heterocycles. The number of benzene rings is 2. The zero-order valence-corrected chi connectivity index (χ0v) is 16.4. The predicted molar refractivity (Wildman–Crippen MR) is 106 cm³/mol. The van der Waals surface area contributed by atoms with Crippen LogP contribution in [-0.2, 0) is 17.6 Å². The molecule has 0 aliphatic carbocycles. The van der Waals surface area contributed by atoms with Gasteiger partial charge in [-0.2, -0.15) is 0 Å². The second-order valence-corrected chi connectivity index (χ2v) is 7.69. The number of aryl methyl sites for hydroxylation is 1. The number of likely N-dealkylation sites (tertiary alicyclic amines) is 1. The van der Waals surface area contributed by atoms with Gasteiger partial charge in [0.1, 0.15) is 11.6 Å². The highest BCUT2D eigenvalue weighted by atomic mass is 19.1. The van der Waals surface area contributed by atoms with Crippen LogP contribution in [-0.4, -0.2) is 43.6 Å². The fraction of sp³-hybridized carbons (Fsp3) is 0.391. The van der Waals surface area contributed by atoms with Crippen molar-refractivity contribution in [1.29, 1.82) is 0 Å². The van der Waals surface area contributed by atoms with Gasteiger partial charge in [-0.15, -0.1) is 0 Å². The van der Waals surface area contributed by atoms with Gasteiger partial charge in [-0.1, -0.05) is 6.07 Å². The third-order valence-electron chi connectivity index (χ3n) is 5.69. The summed E-state index contributed by atoms with van der Waals surface area (Å²) in [6, 6.07) is 10.2. The first-order chi connectivity index (χ1) is 14.0. The smallest absolute Gasteiger partial charge is 0.340 e. The quantitative estimate of drug-likeness (QED) is 0.739. The number of hydrogen-bond donors (Lipinski definition) is 0. The second kappa shape index (κ2) is 8.23. The molecule has 0 saturated carbocycles. The van der Waals surface area contributed by atoms with Crippen molar-refractivity contribution >= 4 is 11.9 Å². The molecule has 1 atom stereocenters. The molecule has 6 heteroatoms. The van der Waals surface area contributed by atoms with E-state index < -0.39 is 11.8 Å². The number of nitrogens with zero attached hydrogens (tertiary/aromatic N) is 1. The fourth-order valence-corrected chi connectivity index (χ4v) is 4.16. The van der Waals surface area contributed by atoms with Crippen LogP contribution in [0.15, 0.2) is 36.4 Å². The van der Waals surface area contributed by atoms with Crippen LogP contribution in [0.1, 0.15) is 44.7 Å². The van der Waals surface area contributed by atoms with Crippen molar-refractivity contribution < 1.29 is 23.5 Å². The molecular weight excluding hydrogens is 373 g/mol. The molecule has 1 amide bonds. The molecule has 1 fully saturated rings. The van der Waals surface area contributed by atoms with E-state index in [1.807, 2.05) is 23.1 Å². The highest BCUT2D eigenvalue weighted by molar-refractivity contribution is 5.95. The molecule has 0 bridgehead atoms. The summed E-state index contributed by atoms with van der Waals surface area (Å²) >= 11 is 0. The van der Waals surface area contributed by atoms with Crippen LogP contribution in [0.2, 0.25) is 0 Å². The molecule has 2 heterocycles. The lowest BCUT2D eigenvalue weighted by Gasteiger charge is -2.20. The Morgan fingerprint density at radius 3 is 2.93 bits per heavy atom. The third kappa shape index (κ3) is 4.11. The molecule has 0 aromatic heterocycles. The highest BCUT2D eigenvalue weighted by Crippen LogP contribution is 2.28. The zero-order valence-electron chi connectivity index (χ0n) is 16.4. The van der Waals surface area contributed by atoms with Gasteiger partial charge < -0.3 is 14.4 Å². The summed E-state index contributed by atoms with van der Waals surface area (Å²) in [5.41, 5.74) is 2.62. The molecule has 152 valence electrons. The van der Waals surface area contributed by atoms with Crippen molar-refractivity contribution in [2.24, 2.45) is 5.92 Å². The number of halogens is 1. The number of ether oxygens (including phenoxy) is 2. The van der Waals surface area contributed by atoms with E-state index in [-0.39, 0.29) is 17.4 Å². The summed E-state index contributed by atoms with van der Waals surface area (Å²) in [5, 5.41) is 0. The van der Waals surface area contributed by atoms with Crippen LogP contribution in [0.4, 0.5) is 4.39 Å². The molecular formula is C23H24FNO4. The van der Waals surface area contributed by atoms with Crippen molar-refractivity contribution in [1.82, 2.24) is 4.90 Å². The number of carbonyl (C=O) groups is 2. The lowest BCUT2D eigenvalue weighted by molar-refractivity contribution is 0.0595. The summed E-state index contributed by atoms with van der Waals surface area (Å²) in [6.07, 6.45) is 3.48. The minimum absolute atomic E-state index is 0.0372. The SMILES string of the molecule is COC(=O)c1cc(CC2CCN(C(=O)c3ccc4c(c3)CCCO4)C2)ccc1F. The Labute approximate surface area is 169 Å². The Hall–Kier alpha value is -2.89. The summed E-state index contributed by atoms with van der Waals surface area (Å²) in [7, 11) is 1.24. The molecule has 1 saturated heterocycles. The van der Waals surface area contributed by atoms with Crippen LogP contribution in [0, 0.1) is 11.7 Å². The van der Waals surface area contributed by atoms with E-state index in [1.165, 1.54) is 13.2 Å². The Kier molecular flexibility index (Phi) is 5.51. The maximum Gasteiger partial charge on any atom is 0.340 e. The number of amides is 1. The fourth-order valence-electron chi connectivity index (χ4n) is 4.16. The molecule has 0 N–H and O–H groups in total. The van der Waals surface area contributed by atoms with Gasteiger partial charge in [-0.25, -0.2) is 9.18 Å². The Morgan fingerprint density at radius 2 is 2.10 bits per heavy atom. The predicted octanol–water partition coefficient (Wildman–Crippen LogP) is 3.64. The number of fused-ring (bicyclic) bond motifs is 1. The molecule has 5 nitrogen and oxygen atoms in total. The zero-order chi connectivity index (χ0) is 20.4. The van der Waals surface area contributed by atoms with Gasteiger partial charge in [0.25, 0.3) is 5.91 Å². The number of esters is 1. The number of hydrogen-bond acceptors (Lipinski definition) is 4. The topological polar surface area (TPSA) is 55.8 Å². The monoisotopic (exact) mass is 397 g/mol. The molecule has 2 aromatic rings. The number of carbonyl (C=O) groups excluding carboxylic acids is 2. The largest absolute Gasteiger partial charge is 0.493 e. The van der Waals surface area contributed by atoms with E-state index in [9.17, 15) is 14.0 Å². The van der Waals surface area contributed by atoms with E-state index in [0.29, 0.717) is 25.1 Å². The van der Waals surface area contributed by atoms with Crippen molar-refractivity contribution in [3.63, 3.8) is 0 Å². The average Bonchev–Trinajstić information content (AvgIpc) is 3.22. The third-order valence-corrected chi connectivity index (χ3v) is 5.69. The molecule has 1 unspecified atom stereocenters. The van der Waals surface area contributed by atoms with Crippen molar-refractivity contribution in [3.8, 4) is 5.75 Å². The molecule has 29 heavy (non-hydrogen) atoms. The van der Waals surface area contributed by atoms with Crippen LogP contribution < -0.4 is 4.74 Å². The van der Waals surface area contributed by atoms with Gasteiger partial charge in [0.05, 0.1) is 19.3 Å². The van der Waals surface area contributed by atoms with Gasteiger partial charge in [-0.05, 0) is 73.1 Å². The number of rotatable bonds is 4. The van der Waals surface area contributed by atoms with E-state index in [1.54, 1.807) is 12.1 Å². The lowest BCUT2D eigenvalue weighted by Crippen LogP contribution is -2.29. The van der Waals surface area contributed by atoms with E-state index in [2.05, 4.69) is 4.74 Å². The minimum Gasteiger partial charge on any atom is -0.493 e. The van der Waals surface area contributed by atoms with E-state index >= 15 is 0 Å². The summed E-state index contributed by atoms with van der Waals surface area (Å²) in [6.45, 7) is 2.08. The van der Waals surface area contributed by atoms with Crippen LogP contribution in [0.5, 0.6) is 5.75 Å². The molecule has 2 aliphatic rings.